The minimum atomic E-state index is -0.204. The van der Waals surface area contributed by atoms with E-state index in [1.807, 2.05) is 32.0 Å². The number of carbonyl (C=O) groups is 1. The maximum atomic E-state index is 12.9. The zero-order valence-electron chi connectivity index (χ0n) is 19.1. The van der Waals surface area contributed by atoms with Crippen molar-refractivity contribution in [2.24, 2.45) is 0 Å². The zero-order chi connectivity index (χ0) is 23.6. The summed E-state index contributed by atoms with van der Waals surface area (Å²) in [5.74, 6) is 0.354. The van der Waals surface area contributed by atoms with Gasteiger partial charge in [0.25, 0.3) is 5.91 Å². The molecular formula is C27H31ClN2O3. The van der Waals surface area contributed by atoms with Crippen molar-refractivity contribution >= 4 is 17.5 Å². The maximum absolute atomic E-state index is 12.9. The van der Waals surface area contributed by atoms with E-state index in [1.165, 1.54) is 5.56 Å². The lowest BCUT2D eigenvalue weighted by atomic mass is 10.0. The zero-order valence-corrected chi connectivity index (χ0v) is 19.8. The summed E-state index contributed by atoms with van der Waals surface area (Å²) in [5.41, 5.74) is 3.91. The molecule has 6 heteroatoms. The van der Waals surface area contributed by atoms with Crippen molar-refractivity contribution in [3.63, 3.8) is 0 Å². The van der Waals surface area contributed by atoms with Crippen LogP contribution < -0.4 is 15.4 Å². The maximum Gasteiger partial charge on any atom is 0.251 e. The third-order valence-corrected chi connectivity index (χ3v) is 5.41. The predicted octanol–water partition coefficient (Wildman–Crippen LogP) is 4.72. The van der Waals surface area contributed by atoms with E-state index in [0.717, 1.165) is 11.1 Å². The summed E-state index contributed by atoms with van der Waals surface area (Å²) in [7, 11) is 0. The molecule has 3 aromatic rings. The monoisotopic (exact) mass is 466 g/mol. The Morgan fingerprint density at radius 3 is 2.33 bits per heavy atom. The molecule has 0 saturated carbocycles. The second kappa shape index (κ2) is 12.4. The molecule has 3 rings (SSSR count). The van der Waals surface area contributed by atoms with E-state index in [-0.39, 0.29) is 24.7 Å². The molecule has 1 amide bonds. The number of aliphatic hydroxyl groups excluding tert-OH is 1. The molecule has 33 heavy (non-hydrogen) atoms. The van der Waals surface area contributed by atoms with Crippen LogP contribution in [0.1, 0.15) is 29.8 Å². The van der Waals surface area contributed by atoms with Gasteiger partial charge in [0.2, 0.25) is 0 Å². The fourth-order valence-electron chi connectivity index (χ4n) is 3.54. The van der Waals surface area contributed by atoms with Gasteiger partial charge in [-0.1, -0.05) is 66.2 Å². The van der Waals surface area contributed by atoms with Crippen LogP contribution in [0.5, 0.6) is 5.75 Å². The van der Waals surface area contributed by atoms with E-state index < -0.39 is 0 Å². The fourth-order valence-corrected chi connectivity index (χ4v) is 3.76. The molecule has 3 aromatic carbocycles. The molecule has 0 heterocycles. The Morgan fingerprint density at radius 1 is 1.00 bits per heavy atom. The lowest BCUT2D eigenvalue weighted by Crippen LogP contribution is -2.44. The van der Waals surface area contributed by atoms with Crippen LogP contribution in [0.4, 0.5) is 0 Å². The van der Waals surface area contributed by atoms with Gasteiger partial charge in [-0.2, -0.15) is 0 Å². The first-order chi connectivity index (χ1) is 16.0. The topological polar surface area (TPSA) is 70.6 Å². The molecule has 0 bridgehead atoms. The number of hydrogen-bond acceptors (Lipinski definition) is 4. The van der Waals surface area contributed by atoms with Gasteiger partial charge in [0.05, 0.1) is 17.7 Å². The largest absolute Gasteiger partial charge is 0.489 e. The van der Waals surface area contributed by atoms with Gasteiger partial charge in [-0.25, -0.2) is 0 Å². The molecule has 174 valence electrons. The van der Waals surface area contributed by atoms with E-state index >= 15 is 0 Å². The third-order valence-electron chi connectivity index (χ3n) is 5.11. The van der Waals surface area contributed by atoms with Gasteiger partial charge in [-0.15, -0.1) is 0 Å². The van der Waals surface area contributed by atoms with Gasteiger partial charge in [-0.05, 0) is 55.2 Å². The molecule has 0 fully saturated rings. The fraction of sp³-hybridized carbons (Fsp3) is 0.296. The van der Waals surface area contributed by atoms with Crippen LogP contribution in [0.2, 0.25) is 5.02 Å². The number of rotatable bonds is 11. The van der Waals surface area contributed by atoms with Crippen molar-refractivity contribution in [2.75, 3.05) is 19.7 Å². The number of amides is 1. The molecular weight excluding hydrogens is 436 g/mol. The van der Waals surface area contributed by atoms with Gasteiger partial charge in [-0.3, -0.25) is 4.79 Å². The number of ether oxygens (including phenoxy) is 1. The molecule has 0 saturated heterocycles. The van der Waals surface area contributed by atoms with Gasteiger partial charge in [0.1, 0.15) is 5.75 Å². The van der Waals surface area contributed by atoms with Crippen LogP contribution >= 0.6 is 11.6 Å². The highest BCUT2D eigenvalue weighted by atomic mass is 35.5. The van der Waals surface area contributed by atoms with Crippen molar-refractivity contribution in [2.45, 2.75) is 32.4 Å². The second-order valence-corrected chi connectivity index (χ2v) is 8.58. The lowest BCUT2D eigenvalue weighted by Gasteiger charge is -2.20. The highest BCUT2D eigenvalue weighted by Gasteiger charge is 2.16. The summed E-state index contributed by atoms with van der Waals surface area (Å²) in [5, 5.41) is 15.8. The Bertz CT molecular complexity index is 1020. The summed E-state index contributed by atoms with van der Waals surface area (Å²) >= 11 is 6.31. The SMILES string of the molecule is CC(C)Oc1ccc(C(=O)N[C@H](CNCCO)Cc2ccc(-c3ccccc3)cc2)cc1Cl. The molecule has 0 unspecified atom stereocenters. The molecule has 1 atom stereocenters. The lowest BCUT2D eigenvalue weighted by molar-refractivity contribution is 0.0936. The van der Waals surface area contributed by atoms with E-state index in [1.54, 1.807) is 18.2 Å². The number of halogens is 1. The molecule has 3 N–H and O–H groups in total. The smallest absolute Gasteiger partial charge is 0.251 e. The minimum absolute atomic E-state index is 0.00237. The highest BCUT2D eigenvalue weighted by Crippen LogP contribution is 2.26. The van der Waals surface area contributed by atoms with Crippen LogP contribution in [0, 0.1) is 0 Å². The van der Waals surface area contributed by atoms with Crippen molar-refractivity contribution in [1.29, 1.82) is 0 Å². The normalized spacial score (nSPS) is 11.9. The van der Waals surface area contributed by atoms with Crippen LogP contribution in [0.15, 0.2) is 72.8 Å². The molecule has 0 aliphatic carbocycles. The molecule has 0 aliphatic heterocycles. The Labute approximate surface area is 200 Å². The Morgan fingerprint density at radius 2 is 1.70 bits per heavy atom. The van der Waals surface area contributed by atoms with E-state index in [2.05, 4.69) is 47.0 Å². The Hall–Kier alpha value is -2.86. The average Bonchev–Trinajstić information content (AvgIpc) is 2.81. The van der Waals surface area contributed by atoms with Gasteiger partial charge < -0.3 is 20.5 Å². The first-order valence-corrected chi connectivity index (χ1v) is 11.6. The summed E-state index contributed by atoms with van der Waals surface area (Å²) in [4.78, 5) is 12.9. The Balaban J connectivity index is 1.69. The van der Waals surface area contributed by atoms with E-state index in [4.69, 9.17) is 21.4 Å². The minimum Gasteiger partial charge on any atom is -0.489 e. The third kappa shape index (κ3) is 7.60. The summed E-state index contributed by atoms with van der Waals surface area (Å²) in [6, 6.07) is 23.5. The van der Waals surface area contributed by atoms with Crippen LogP contribution in [0.25, 0.3) is 11.1 Å². The van der Waals surface area contributed by atoms with Crippen LogP contribution in [0.3, 0.4) is 0 Å². The van der Waals surface area contributed by atoms with E-state index in [0.29, 0.717) is 35.8 Å². The van der Waals surface area contributed by atoms with Crippen LogP contribution in [-0.2, 0) is 6.42 Å². The molecule has 5 nitrogen and oxygen atoms in total. The van der Waals surface area contributed by atoms with Crippen molar-refractivity contribution < 1.29 is 14.6 Å². The number of nitrogens with one attached hydrogen (secondary N) is 2. The van der Waals surface area contributed by atoms with Crippen molar-refractivity contribution in [1.82, 2.24) is 10.6 Å². The quantitative estimate of drug-likeness (QED) is 0.358. The number of carbonyl (C=O) groups excluding carboxylic acids is 1. The van der Waals surface area contributed by atoms with Crippen molar-refractivity contribution in [3.05, 3.63) is 88.9 Å². The van der Waals surface area contributed by atoms with Gasteiger partial charge >= 0.3 is 0 Å². The summed E-state index contributed by atoms with van der Waals surface area (Å²) in [6.45, 7) is 4.89. The second-order valence-electron chi connectivity index (χ2n) is 8.18. The van der Waals surface area contributed by atoms with Gasteiger partial charge in [0.15, 0.2) is 0 Å². The summed E-state index contributed by atoms with van der Waals surface area (Å²) < 4.78 is 5.65. The first kappa shape index (κ1) is 24.8. The molecule has 0 aromatic heterocycles. The number of aliphatic hydroxyl groups is 1. The van der Waals surface area contributed by atoms with E-state index in [9.17, 15) is 4.79 Å². The predicted molar refractivity (Wildman–Crippen MR) is 134 cm³/mol. The highest BCUT2D eigenvalue weighted by molar-refractivity contribution is 6.32. The average molecular weight is 467 g/mol. The first-order valence-electron chi connectivity index (χ1n) is 11.2. The van der Waals surface area contributed by atoms with Crippen molar-refractivity contribution in [3.8, 4) is 16.9 Å². The molecule has 0 radical (unpaired) electrons. The standard InChI is InChI=1S/C27H31ClN2O3/c1-19(2)33-26-13-12-23(17-25(26)28)27(32)30-24(18-29-14-15-31)16-20-8-10-22(11-9-20)21-6-4-3-5-7-21/h3-13,17,19,24,29,31H,14-16,18H2,1-2H3,(H,30,32)/t24-/m0/s1. The van der Waals surface area contributed by atoms with Gasteiger partial charge in [0, 0.05) is 24.7 Å². The molecule has 0 aliphatic rings. The molecule has 0 spiro atoms. The number of hydrogen-bond donors (Lipinski definition) is 3. The number of benzene rings is 3. The van der Waals surface area contributed by atoms with Crippen LogP contribution in [-0.4, -0.2) is 42.9 Å². The Kier molecular flexibility index (Phi) is 9.31. The summed E-state index contributed by atoms with van der Waals surface area (Å²) in [6.07, 6.45) is 0.652.